The lowest BCUT2D eigenvalue weighted by Crippen LogP contribution is -2.46. The molecule has 38 heavy (non-hydrogen) atoms. The van der Waals surface area contributed by atoms with E-state index in [1.54, 1.807) is 11.1 Å². The SMILES string of the molecule is C=C1/C(=C\N=C(CCC)Nc2ccc(C3CCN(C)CC3)c(C)c2)C(=O)N(C2=C(C)CCC=C2Cl)CN1C. The lowest BCUT2D eigenvalue weighted by molar-refractivity contribution is -0.128. The Morgan fingerprint density at radius 2 is 1.97 bits per heavy atom. The number of benzene rings is 1. The van der Waals surface area contributed by atoms with Crippen LogP contribution in [-0.4, -0.2) is 60.3 Å². The minimum absolute atomic E-state index is 0.117. The van der Waals surface area contributed by atoms with Crippen molar-refractivity contribution in [1.29, 1.82) is 0 Å². The van der Waals surface area contributed by atoms with Gasteiger partial charge in [-0.2, -0.15) is 0 Å². The number of nitrogens with one attached hydrogen (secondary N) is 1. The third-order valence-corrected chi connectivity index (χ3v) is 8.23. The van der Waals surface area contributed by atoms with Gasteiger partial charge in [-0.1, -0.05) is 37.2 Å². The Labute approximate surface area is 233 Å². The first-order valence-electron chi connectivity index (χ1n) is 13.8. The van der Waals surface area contributed by atoms with E-state index in [1.807, 2.05) is 24.9 Å². The molecule has 4 rings (SSSR count). The summed E-state index contributed by atoms with van der Waals surface area (Å²) in [6.45, 7) is 13.3. The number of aryl methyl sites for hydroxylation is 1. The van der Waals surface area contributed by atoms with Crippen LogP contribution in [0.25, 0.3) is 0 Å². The number of carbonyl (C=O) groups is 1. The molecule has 1 amide bonds. The van der Waals surface area contributed by atoms with Crippen LogP contribution in [0.15, 0.2) is 69.6 Å². The lowest BCUT2D eigenvalue weighted by Gasteiger charge is -2.39. The van der Waals surface area contributed by atoms with Crippen LogP contribution >= 0.6 is 11.6 Å². The van der Waals surface area contributed by atoms with Crippen LogP contribution in [0.2, 0.25) is 0 Å². The van der Waals surface area contributed by atoms with E-state index in [-0.39, 0.29) is 5.91 Å². The number of hydrogen-bond acceptors (Lipinski definition) is 4. The molecule has 0 aromatic heterocycles. The number of hydrogen-bond donors (Lipinski definition) is 1. The second kappa shape index (κ2) is 12.4. The van der Waals surface area contributed by atoms with Crippen LogP contribution < -0.4 is 5.32 Å². The Balaban J connectivity index is 1.56. The van der Waals surface area contributed by atoms with Crippen molar-refractivity contribution < 1.29 is 4.79 Å². The van der Waals surface area contributed by atoms with Crippen LogP contribution in [0.3, 0.4) is 0 Å². The van der Waals surface area contributed by atoms with Crippen LogP contribution in [0.5, 0.6) is 0 Å². The van der Waals surface area contributed by atoms with Crippen molar-refractivity contribution in [1.82, 2.24) is 14.7 Å². The molecule has 204 valence electrons. The van der Waals surface area contributed by atoms with Gasteiger partial charge in [0.15, 0.2) is 0 Å². The molecule has 0 saturated carbocycles. The zero-order chi connectivity index (χ0) is 27.4. The van der Waals surface area contributed by atoms with Crippen molar-refractivity contribution in [2.75, 3.05) is 39.2 Å². The van der Waals surface area contributed by atoms with Crippen molar-refractivity contribution in [3.63, 3.8) is 0 Å². The molecule has 2 fully saturated rings. The number of carbonyl (C=O) groups excluding carboxylic acids is 1. The highest BCUT2D eigenvalue weighted by Gasteiger charge is 2.33. The first-order chi connectivity index (χ1) is 18.2. The second-order valence-electron chi connectivity index (χ2n) is 10.9. The van der Waals surface area contributed by atoms with Gasteiger partial charge in [0.25, 0.3) is 5.91 Å². The molecule has 7 heteroatoms. The summed E-state index contributed by atoms with van der Waals surface area (Å²) in [6.07, 6.45) is 9.59. The molecule has 1 aromatic carbocycles. The predicted molar refractivity (Wildman–Crippen MR) is 159 cm³/mol. The van der Waals surface area contributed by atoms with Crippen molar-refractivity contribution in [2.45, 2.75) is 65.2 Å². The van der Waals surface area contributed by atoms with Gasteiger partial charge in [0.05, 0.1) is 23.0 Å². The van der Waals surface area contributed by atoms with E-state index in [4.69, 9.17) is 16.6 Å². The maximum Gasteiger partial charge on any atom is 0.263 e. The smallest absolute Gasteiger partial charge is 0.263 e. The van der Waals surface area contributed by atoms with Gasteiger partial charge < -0.3 is 15.1 Å². The standard InChI is InChI=1S/C31H42ClN5O/c1-7-9-29(34-25-12-13-26(22(3)18-25)24-14-16-35(5)17-15-24)33-19-27-23(4)36(6)20-37(31(27)38)30-21(2)10-8-11-28(30)32/h11-13,18-19,24H,4,7-10,14-17,20H2,1-3,5-6H3,(H,33,34)/b27-19+. The number of halogens is 1. The van der Waals surface area contributed by atoms with Gasteiger partial charge in [0.2, 0.25) is 0 Å². The van der Waals surface area contributed by atoms with Crippen LogP contribution in [0.4, 0.5) is 5.69 Å². The van der Waals surface area contributed by atoms with Crippen LogP contribution in [0, 0.1) is 6.92 Å². The maximum atomic E-state index is 13.6. The Morgan fingerprint density at radius 3 is 2.63 bits per heavy atom. The van der Waals surface area contributed by atoms with E-state index in [1.165, 1.54) is 24.0 Å². The van der Waals surface area contributed by atoms with E-state index in [0.29, 0.717) is 28.9 Å². The van der Waals surface area contributed by atoms with E-state index < -0.39 is 0 Å². The molecule has 1 N–H and O–H groups in total. The molecular weight excluding hydrogens is 494 g/mol. The van der Waals surface area contributed by atoms with Crippen molar-refractivity contribution in [2.24, 2.45) is 4.99 Å². The summed E-state index contributed by atoms with van der Waals surface area (Å²) in [6, 6.07) is 6.65. The fourth-order valence-electron chi connectivity index (χ4n) is 5.57. The highest BCUT2D eigenvalue weighted by Crippen LogP contribution is 2.35. The summed E-state index contributed by atoms with van der Waals surface area (Å²) in [4.78, 5) is 24.5. The van der Waals surface area contributed by atoms with Gasteiger partial charge >= 0.3 is 0 Å². The quantitative estimate of drug-likeness (QED) is 0.249. The number of piperidine rings is 1. The number of aliphatic imine (C=N–C) groups is 1. The molecule has 0 unspecified atom stereocenters. The number of allylic oxidation sites excluding steroid dienone is 3. The summed E-state index contributed by atoms with van der Waals surface area (Å²) in [5, 5.41) is 4.15. The lowest BCUT2D eigenvalue weighted by atomic mass is 9.87. The molecule has 0 spiro atoms. The molecule has 1 aliphatic carbocycles. The average Bonchev–Trinajstić information content (AvgIpc) is 2.88. The largest absolute Gasteiger partial charge is 0.356 e. The topological polar surface area (TPSA) is 51.2 Å². The van der Waals surface area contributed by atoms with Gasteiger partial charge in [-0.3, -0.25) is 9.69 Å². The number of likely N-dealkylation sites (N-methyl/N-ethyl adjacent to an activating group) is 1. The van der Waals surface area contributed by atoms with E-state index in [9.17, 15) is 4.79 Å². The molecule has 2 saturated heterocycles. The zero-order valence-corrected chi connectivity index (χ0v) is 24.4. The summed E-state index contributed by atoms with van der Waals surface area (Å²) in [7, 11) is 4.14. The van der Waals surface area contributed by atoms with Crippen LogP contribution in [-0.2, 0) is 4.79 Å². The average molecular weight is 536 g/mol. The highest BCUT2D eigenvalue weighted by atomic mass is 35.5. The fraction of sp³-hybridized carbons (Fsp3) is 0.484. The summed E-state index contributed by atoms with van der Waals surface area (Å²) in [5.41, 5.74) is 6.88. The molecule has 6 nitrogen and oxygen atoms in total. The Morgan fingerprint density at radius 1 is 1.24 bits per heavy atom. The van der Waals surface area contributed by atoms with Crippen molar-refractivity contribution in [3.8, 4) is 0 Å². The molecule has 2 heterocycles. The summed E-state index contributed by atoms with van der Waals surface area (Å²) < 4.78 is 0. The van der Waals surface area contributed by atoms with Gasteiger partial charge in [0.1, 0.15) is 5.84 Å². The van der Waals surface area contributed by atoms with Gasteiger partial charge in [0, 0.05) is 31.1 Å². The minimum atomic E-state index is -0.117. The Kier molecular flexibility index (Phi) is 9.16. The normalized spacial score (nSPS) is 21.5. The molecule has 2 aliphatic heterocycles. The maximum absolute atomic E-state index is 13.6. The number of amidine groups is 1. The van der Waals surface area contributed by atoms with E-state index in [2.05, 4.69) is 55.9 Å². The minimum Gasteiger partial charge on any atom is -0.356 e. The number of rotatable bonds is 6. The van der Waals surface area contributed by atoms with Gasteiger partial charge in [-0.25, -0.2) is 4.99 Å². The van der Waals surface area contributed by atoms with Gasteiger partial charge in [-0.05, 0) is 101 Å². The molecule has 3 aliphatic rings. The summed E-state index contributed by atoms with van der Waals surface area (Å²) >= 11 is 6.56. The molecule has 1 aromatic rings. The summed E-state index contributed by atoms with van der Waals surface area (Å²) in [5.74, 6) is 1.34. The molecule has 0 radical (unpaired) electrons. The monoisotopic (exact) mass is 535 g/mol. The Bertz CT molecular complexity index is 1200. The Hall–Kier alpha value is -2.83. The van der Waals surface area contributed by atoms with Crippen LogP contribution in [0.1, 0.15) is 69.4 Å². The molecule has 0 atom stereocenters. The zero-order valence-electron chi connectivity index (χ0n) is 23.6. The third kappa shape index (κ3) is 6.24. The highest BCUT2D eigenvalue weighted by molar-refractivity contribution is 6.32. The first-order valence-corrected chi connectivity index (χ1v) is 14.2. The van der Waals surface area contributed by atoms with E-state index in [0.717, 1.165) is 61.6 Å². The number of likely N-dealkylation sites (tertiary alicyclic amines) is 1. The van der Waals surface area contributed by atoms with Crippen molar-refractivity contribution >= 4 is 29.0 Å². The number of anilines is 1. The van der Waals surface area contributed by atoms with Crippen molar-refractivity contribution in [3.05, 3.63) is 75.8 Å². The van der Waals surface area contributed by atoms with E-state index >= 15 is 0 Å². The second-order valence-corrected chi connectivity index (χ2v) is 11.3. The third-order valence-electron chi connectivity index (χ3n) is 7.90. The molecule has 0 bridgehead atoms. The first kappa shape index (κ1) is 28.2. The van der Waals surface area contributed by atoms with Gasteiger partial charge in [-0.15, -0.1) is 0 Å². The number of amides is 1. The predicted octanol–water partition coefficient (Wildman–Crippen LogP) is 6.73. The molecular formula is C31H42ClN5O. The number of nitrogens with zero attached hydrogens (tertiary/aromatic N) is 4. The fourth-order valence-corrected chi connectivity index (χ4v) is 5.94.